The van der Waals surface area contributed by atoms with Crippen molar-refractivity contribution in [3.05, 3.63) is 21.3 Å². The Labute approximate surface area is 232 Å². The number of carbonyl (C=O) groups excluding carboxylic acids is 2. The maximum absolute atomic E-state index is 13.7. The van der Waals surface area contributed by atoms with E-state index in [4.69, 9.17) is 16.3 Å². The van der Waals surface area contributed by atoms with Crippen LogP contribution in [0, 0.1) is 46.3 Å². The minimum atomic E-state index is 0.0290. The predicted octanol–water partition coefficient (Wildman–Crippen LogP) is 7.85. The minimum absolute atomic E-state index is 0.0290. The van der Waals surface area contributed by atoms with Crippen molar-refractivity contribution in [2.24, 2.45) is 46.3 Å². The summed E-state index contributed by atoms with van der Waals surface area (Å²) in [5.41, 5.74) is 0.438. The van der Waals surface area contributed by atoms with Crippen molar-refractivity contribution in [1.29, 1.82) is 0 Å². The van der Waals surface area contributed by atoms with Crippen molar-refractivity contribution < 1.29 is 14.3 Å². The van der Waals surface area contributed by atoms with Crippen molar-refractivity contribution in [3.63, 3.8) is 0 Å². The summed E-state index contributed by atoms with van der Waals surface area (Å²) in [6.45, 7) is 9.35. The lowest BCUT2D eigenvalue weighted by Gasteiger charge is -2.60. The fourth-order valence-electron chi connectivity index (χ4n) is 9.66. The second-order valence-corrected chi connectivity index (χ2v) is 15.1. The molecular formula is C31H46ClNO3S. The molecular weight excluding hydrogens is 502 g/mol. The van der Waals surface area contributed by atoms with Crippen molar-refractivity contribution in [2.75, 3.05) is 7.11 Å². The molecule has 4 saturated carbocycles. The summed E-state index contributed by atoms with van der Waals surface area (Å²) in [6, 6.07) is 3.97. The molecule has 4 nitrogen and oxygen atoms in total. The third-order valence-electron chi connectivity index (χ3n) is 11.7. The van der Waals surface area contributed by atoms with Crippen LogP contribution in [0.1, 0.15) is 103 Å². The van der Waals surface area contributed by atoms with Crippen LogP contribution in [0.15, 0.2) is 12.1 Å². The zero-order valence-corrected chi connectivity index (χ0v) is 24.9. The molecule has 4 aliphatic rings. The fourth-order valence-corrected chi connectivity index (χ4v) is 10.9. The Bertz CT molecular complexity index is 1010. The Morgan fingerprint density at radius 3 is 2.57 bits per heavy atom. The summed E-state index contributed by atoms with van der Waals surface area (Å²) in [5.74, 6) is 3.19. The monoisotopic (exact) mass is 547 g/mol. The predicted molar refractivity (Wildman–Crippen MR) is 151 cm³/mol. The highest BCUT2D eigenvalue weighted by Crippen LogP contribution is 2.67. The van der Waals surface area contributed by atoms with E-state index in [0.717, 1.165) is 47.7 Å². The number of nitrogens with one attached hydrogen (secondary N) is 1. The van der Waals surface area contributed by atoms with Gasteiger partial charge in [0.15, 0.2) is 0 Å². The van der Waals surface area contributed by atoms with Crippen LogP contribution in [-0.2, 0) is 14.3 Å². The summed E-state index contributed by atoms with van der Waals surface area (Å²) < 4.78 is 6.49. The highest BCUT2D eigenvalue weighted by atomic mass is 35.5. The first-order valence-corrected chi connectivity index (χ1v) is 15.9. The van der Waals surface area contributed by atoms with Gasteiger partial charge in [-0.3, -0.25) is 9.59 Å². The number of ketones is 1. The van der Waals surface area contributed by atoms with E-state index in [9.17, 15) is 9.59 Å². The van der Waals surface area contributed by atoms with E-state index in [2.05, 4.69) is 33.0 Å². The first-order chi connectivity index (χ1) is 17.6. The third kappa shape index (κ3) is 4.84. The SMILES string of the molecule is CCC(NC(=O)C[C@@H](C)C1CC[C@H]2C3C(=O)CC4C[C@H](OC)CCC4(C)[C@H]3CCC12C)c1ccc(Cl)s1. The van der Waals surface area contributed by atoms with E-state index in [-0.39, 0.29) is 28.7 Å². The molecule has 4 fully saturated rings. The van der Waals surface area contributed by atoms with Crippen molar-refractivity contribution in [2.45, 2.75) is 104 Å². The summed E-state index contributed by atoms with van der Waals surface area (Å²) >= 11 is 7.70. The number of rotatable bonds is 7. The lowest BCUT2D eigenvalue weighted by molar-refractivity contribution is -0.162. The highest BCUT2D eigenvalue weighted by Gasteiger charge is 2.63. The standard InChI is InChI=1S/C31H46ClNO3S/c1-6-24(26-9-10-27(32)37-26)33-28(35)15-18(2)21-7-8-22-29-23(12-14-31(21,22)4)30(3)13-11-20(36-5)16-19(30)17-25(29)34/h9-10,18-24,29H,6-8,11-17H2,1-5H3,(H,33,35)/t18-,19?,20-,21?,22+,23+,24?,29?,30?,31?/m1/s1. The van der Waals surface area contributed by atoms with Gasteiger partial charge < -0.3 is 10.1 Å². The number of fused-ring (bicyclic) bond motifs is 5. The van der Waals surface area contributed by atoms with E-state index in [1.807, 2.05) is 19.2 Å². The lowest BCUT2D eigenvalue weighted by atomic mass is 9.44. The molecule has 6 heteroatoms. The van der Waals surface area contributed by atoms with E-state index < -0.39 is 0 Å². The topological polar surface area (TPSA) is 55.4 Å². The van der Waals surface area contributed by atoms with Gasteiger partial charge in [0.2, 0.25) is 5.91 Å². The molecule has 1 aromatic heterocycles. The van der Waals surface area contributed by atoms with Gasteiger partial charge in [-0.25, -0.2) is 0 Å². The zero-order chi connectivity index (χ0) is 26.5. The normalized spacial score (nSPS) is 40.9. The second-order valence-electron chi connectivity index (χ2n) is 13.3. The summed E-state index contributed by atoms with van der Waals surface area (Å²) in [7, 11) is 1.83. The van der Waals surface area contributed by atoms with Gasteiger partial charge in [0.05, 0.1) is 16.5 Å². The summed E-state index contributed by atoms with van der Waals surface area (Å²) in [6.07, 6.45) is 10.5. The molecule has 0 radical (unpaired) electrons. The molecule has 4 aliphatic carbocycles. The number of ether oxygens (including phenoxy) is 1. The molecule has 6 unspecified atom stereocenters. The van der Waals surface area contributed by atoms with Gasteiger partial charge in [0.1, 0.15) is 5.78 Å². The van der Waals surface area contributed by atoms with Gasteiger partial charge in [-0.15, -0.1) is 11.3 Å². The number of hydrogen-bond donors (Lipinski definition) is 1. The summed E-state index contributed by atoms with van der Waals surface area (Å²) in [5, 5.41) is 3.28. The number of methoxy groups -OCH3 is 1. The Morgan fingerprint density at radius 2 is 1.89 bits per heavy atom. The maximum Gasteiger partial charge on any atom is 0.220 e. The quantitative estimate of drug-likeness (QED) is 0.378. The molecule has 0 saturated heterocycles. The van der Waals surface area contributed by atoms with Crippen LogP contribution in [0.3, 0.4) is 0 Å². The molecule has 1 aromatic rings. The Morgan fingerprint density at radius 1 is 1.16 bits per heavy atom. The van der Waals surface area contributed by atoms with E-state index >= 15 is 0 Å². The Kier molecular flexibility index (Phi) is 7.90. The van der Waals surface area contributed by atoms with Crippen LogP contribution in [0.2, 0.25) is 4.34 Å². The van der Waals surface area contributed by atoms with Crippen molar-refractivity contribution in [3.8, 4) is 0 Å². The third-order valence-corrected chi connectivity index (χ3v) is 13.0. The smallest absolute Gasteiger partial charge is 0.220 e. The minimum Gasteiger partial charge on any atom is -0.381 e. The molecule has 1 N–H and O–H groups in total. The number of Topliss-reactive ketones (excluding diaryl/α,β-unsaturated/α-hetero) is 1. The molecule has 0 aromatic carbocycles. The average Bonchev–Trinajstić information content (AvgIpc) is 3.45. The van der Waals surface area contributed by atoms with Crippen molar-refractivity contribution >= 4 is 34.6 Å². The van der Waals surface area contributed by atoms with Crippen LogP contribution < -0.4 is 5.32 Å². The highest BCUT2D eigenvalue weighted by molar-refractivity contribution is 7.16. The van der Waals surface area contributed by atoms with Crippen LogP contribution in [-0.4, -0.2) is 24.9 Å². The van der Waals surface area contributed by atoms with Crippen LogP contribution in [0.4, 0.5) is 0 Å². The number of halogens is 1. The lowest BCUT2D eigenvalue weighted by Crippen LogP contribution is -2.57. The van der Waals surface area contributed by atoms with E-state index in [1.165, 1.54) is 19.3 Å². The van der Waals surface area contributed by atoms with Crippen LogP contribution >= 0.6 is 22.9 Å². The molecule has 0 bridgehead atoms. The maximum atomic E-state index is 13.7. The van der Waals surface area contributed by atoms with Gasteiger partial charge in [0, 0.05) is 30.7 Å². The largest absolute Gasteiger partial charge is 0.381 e. The van der Waals surface area contributed by atoms with Crippen LogP contribution in [0.25, 0.3) is 0 Å². The molecule has 1 amide bonds. The van der Waals surface area contributed by atoms with E-state index in [1.54, 1.807) is 11.3 Å². The number of amides is 1. The number of carbonyl (C=O) groups is 2. The first kappa shape index (κ1) is 27.6. The number of hydrogen-bond acceptors (Lipinski definition) is 4. The molecule has 206 valence electrons. The number of thiophene rings is 1. The molecule has 5 rings (SSSR count). The molecule has 37 heavy (non-hydrogen) atoms. The summed E-state index contributed by atoms with van der Waals surface area (Å²) in [4.78, 5) is 28.0. The van der Waals surface area contributed by atoms with Gasteiger partial charge in [0.25, 0.3) is 0 Å². The van der Waals surface area contributed by atoms with Crippen LogP contribution in [0.5, 0.6) is 0 Å². The Balaban J connectivity index is 1.27. The fraction of sp³-hybridized carbons (Fsp3) is 0.806. The Hall–Kier alpha value is -0.910. The van der Waals surface area contributed by atoms with Gasteiger partial charge in [-0.2, -0.15) is 0 Å². The zero-order valence-electron chi connectivity index (χ0n) is 23.4. The first-order valence-electron chi connectivity index (χ1n) is 14.7. The average molecular weight is 548 g/mol. The van der Waals surface area contributed by atoms with E-state index in [0.29, 0.717) is 47.9 Å². The molecule has 0 spiro atoms. The van der Waals surface area contributed by atoms with Gasteiger partial charge in [-0.05, 0) is 104 Å². The van der Waals surface area contributed by atoms with Gasteiger partial charge >= 0.3 is 0 Å². The van der Waals surface area contributed by atoms with Gasteiger partial charge in [-0.1, -0.05) is 39.3 Å². The molecule has 1 heterocycles. The molecule has 10 atom stereocenters. The second kappa shape index (κ2) is 10.6. The van der Waals surface area contributed by atoms with Crippen molar-refractivity contribution in [1.82, 2.24) is 5.32 Å². The molecule has 0 aliphatic heterocycles.